The molecule has 0 bridgehead atoms. The molecule has 0 saturated carbocycles. The molecule has 0 atom stereocenters. The van der Waals surface area contributed by atoms with Crippen molar-refractivity contribution in [2.75, 3.05) is 13.2 Å². The fraction of sp³-hybridized carbons (Fsp3) is 0.571. The Bertz CT molecular complexity index is 424. The zero-order valence-corrected chi connectivity index (χ0v) is 11.8. The Morgan fingerprint density at radius 1 is 1.42 bits per heavy atom. The largest absolute Gasteiger partial charge is 0.466 e. The Hall–Kier alpha value is -1.78. The summed E-state index contributed by atoms with van der Waals surface area (Å²) in [6.45, 7) is 6.70. The van der Waals surface area contributed by atoms with Crippen molar-refractivity contribution in [1.29, 1.82) is 0 Å². The Balaban J connectivity index is 2.35. The van der Waals surface area contributed by atoms with Crippen LogP contribution in [-0.2, 0) is 9.53 Å². The molecular formula is C14H22N2O3. The third-order valence-electron chi connectivity index (χ3n) is 2.72. The molecule has 1 amide bonds. The molecule has 0 aliphatic rings. The molecule has 1 heterocycles. The van der Waals surface area contributed by atoms with Crippen LogP contribution in [0, 0.1) is 0 Å². The van der Waals surface area contributed by atoms with Crippen LogP contribution in [-0.4, -0.2) is 29.6 Å². The number of esters is 1. The van der Waals surface area contributed by atoms with E-state index in [0.29, 0.717) is 31.7 Å². The summed E-state index contributed by atoms with van der Waals surface area (Å²) in [5, 5.41) is 2.81. The zero-order chi connectivity index (χ0) is 14.3. The minimum atomic E-state index is -0.220. The van der Waals surface area contributed by atoms with Crippen LogP contribution in [0.4, 0.5) is 0 Å². The number of carbonyl (C=O) groups is 2. The smallest absolute Gasteiger partial charge is 0.305 e. The fourth-order valence-electron chi connectivity index (χ4n) is 1.79. The SMILES string of the molecule is CCOC(=O)CCCNC(=O)c1cccn1C(C)C. The van der Waals surface area contributed by atoms with Gasteiger partial charge in [0.1, 0.15) is 5.69 Å². The lowest BCUT2D eigenvalue weighted by molar-refractivity contribution is -0.143. The average molecular weight is 266 g/mol. The lowest BCUT2D eigenvalue weighted by atomic mass is 10.3. The number of rotatable bonds is 7. The van der Waals surface area contributed by atoms with Crippen LogP contribution in [0.15, 0.2) is 18.3 Å². The van der Waals surface area contributed by atoms with E-state index in [1.165, 1.54) is 0 Å². The summed E-state index contributed by atoms with van der Waals surface area (Å²) in [5.74, 6) is -0.329. The second kappa shape index (κ2) is 7.61. The monoisotopic (exact) mass is 266 g/mol. The Morgan fingerprint density at radius 2 is 2.16 bits per heavy atom. The summed E-state index contributed by atoms with van der Waals surface area (Å²) in [5.41, 5.74) is 0.645. The van der Waals surface area contributed by atoms with Gasteiger partial charge in [0.25, 0.3) is 5.91 Å². The van der Waals surface area contributed by atoms with Gasteiger partial charge in [0.15, 0.2) is 0 Å². The highest BCUT2D eigenvalue weighted by molar-refractivity contribution is 5.92. The first-order valence-electron chi connectivity index (χ1n) is 6.67. The van der Waals surface area contributed by atoms with E-state index >= 15 is 0 Å². The van der Waals surface area contributed by atoms with Crippen LogP contribution in [0.3, 0.4) is 0 Å². The number of carbonyl (C=O) groups excluding carboxylic acids is 2. The molecule has 0 unspecified atom stereocenters. The van der Waals surface area contributed by atoms with E-state index in [4.69, 9.17) is 4.74 Å². The van der Waals surface area contributed by atoms with Gasteiger partial charge in [0.2, 0.25) is 0 Å². The van der Waals surface area contributed by atoms with E-state index in [9.17, 15) is 9.59 Å². The van der Waals surface area contributed by atoms with Gasteiger partial charge >= 0.3 is 5.97 Å². The summed E-state index contributed by atoms with van der Waals surface area (Å²) in [7, 11) is 0. The normalized spacial score (nSPS) is 10.5. The van der Waals surface area contributed by atoms with E-state index in [1.807, 2.05) is 30.7 Å². The summed E-state index contributed by atoms with van der Waals surface area (Å²) < 4.78 is 6.73. The number of nitrogens with zero attached hydrogens (tertiary/aromatic N) is 1. The maximum Gasteiger partial charge on any atom is 0.305 e. The Morgan fingerprint density at radius 3 is 2.79 bits per heavy atom. The molecule has 1 aromatic heterocycles. The minimum absolute atomic E-state index is 0.109. The molecule has 19 heavy (non-hydrogen) atoms. The van der Waals surface area contributed by atoms with Gasteiger partial charge in [-0.2, -0.15) is 0 Å². The highest BCUT2D eigenvalue weighted by atomic mass is 16.5. The molecule has 0 aromatic carbocycles. The number of amides is 1. The van der Waals surface area contributed by atoms with Crippen LogP contribution in [0.25, 0.3) is 0 Å². The molecule has 1 N–H and O–H groups in total. The van der Waals surface area contributed by atoms with Gasteiger partial charge in [0, 0.05) is 25.2 Å². The van der Waals surface area contributed by atoms with Crippen molar-refractivity contribution in [2.24, 2.45) is 0 Å². The van der Waals surface area contributed by atoms with Crippen LogP contribution in [0.5, 0.6) is 0 Å². The second-order valence-electron chi connectivity index (χ2n) is 4.56. The van der Waals surface area contributed by atoms with Gasteiger partial charge in [-0.15, -0.1) is 0 Å². The number of aromatic nitrogens is 1. The van der Waals surface area contributed by atoms with Crippen molar-refractivity contribution in [3.05, 3.63) is 24.0 Å². The van der Waals surface area contributed by atoms with E-state index < -0.39 is 0 Å². The molecule has 0 saturated heterocycles. The second-order valence-corrected chi connectivity index (χ2v) is 4.56. The standard InChI is InChI=1S/C14H22N2O3/c1-4-19-13(17)8-5-9-15-14(18)12-7-6-10-16(12)11(2)3/h6-7,10-11H,4-5,8-9H2,1-3H3,(H,15,18). The predicted octanol–water partition coefficient (Wildman–Crippen LogP) is 2.14. The van der Waals surface area contributed by atoms with Crippen LogP contribution < -0.4 is 5.32 Å². The van der Waals surface area contributed by atoms with Gasteiger partial charge in [-0.3, -0.25) is 9.59 Å². The highest BCUT2D eigenvalue weighted by Crippen LogP contribution is 2.10. The maximum absolute atomic E-state index is 12.0. The third kappa shape index (κ3) is 4.77. The van der Waals surface area contributed by atoms with Crippen LogP contribution >= 0.6 is 0 Å². The van der Waals surface area contributed by atoms with Crippen molar-refractivity contribution in [1.82, 2.24) is 9.88 Å². The molecular weight excluding hydrogens is 244 g/mol. The molecule has 1 aromatic rings. The van der Waals surface area contributed by atoms with Crippen LogP contribution in [0.2, 0.25) is 0 Å². The van der Waals surface area contributed by atoms with Crippen molar-refractivity contribution in [2.45, 2.75) is 39.7 Å². The molecule has 0 radical (unpaired) electrons. The molecule has 0 aliphatic heterocycles. The van der Waals surface area contributed by atoms with Crippen LogP contribution in [0.1, 0.15) is 50.1 Å². The number of hydrogen-bond donors (Lipinski definition) is 1. The zero-order valence-electron chi connectivity index (χ0n) is 11.8. The van der Waals surface area contributed by atoms with E-state index in [0.717, 1.165) is 0 Å². The summed E-state index contributed by atoms with van der Waals surface area (Å²) >= 11 is 0. The predicted molar refractivity (Wildman–Crippen MR) is 73.0 cm³/mol. The van der Waals surface area contributed by atoms with Crippen molar-refractivity contribution in [3.8, 4) is 0 Å². The lowest BCUT2D eigenvalue weighted by Crippen LogP contribution is -2.27. The Kier molecular flexibility index (Phi) is 6.12. The molecule has 106 valence electrons. The van der Waals surface area contributed by atoms with Crippen molar-refractivity contribution >= 4 is 11.9 Å². The van der Waals surface area contributed by atoms with Gasteiger partial charge in [0.05, 0.1) is 6.61 Å². The van der Waals surface area contributed by atoms with Crippen molar-refractivity contribution in [3.63, 3.8) is 0 Å². The molecule has 0 fully saturated rings. The molecule has 5 heteroatoms. The average Bonchev–Trinajstić information content (AvgIpc) is 2.84. The lowest BCUT2D eigenvalue weighted by Gasteiger charge is -2.12. The highest BCUT2D eigenvalue weighted by Gasteiger charge is 2.12. The number of nitrogens with one attached hydrogen (secondary N) is 1. The molecule has 5 nitrogen and oxygen atoms in total. The van der Waals surface area contributed by atoms with E-state index in [1.54, 1.807) is 13.0 Å². The van der Waals surface area contributed by atoms with Crippen molar-refractivity contribution < 1.29 is 14.3 Å². The van der Waals surface area contributed by atoms with Gasteiger partial charge in [-0.25, -0.2) is 0 Å². The van der Waals surface area contributed by atoms with E-state index in [-0.39, 0.29) is 17.9 Å². The van der Waals surface area contributed by atoms with Gasteiger partial charge < -0.3 is 14.6 Å². The first-order chi connectivity index (χ1) is 9.06. The van der Waals surface area contributed by atoms with Gasteiger partial charge in [-0.1, -0.05) is 0 Å². The molecule has 0 spiro atoms. The number of hydrogen-bond acceptors (Lipinski definition) is 3. The summed E-state index contributed by atoms with van der Waals surface area (Å²) in [4.78, 5) is 23.1. The topological polar surface area (TPSA) is 60.3 Å². The molecule has 1 rings (SSSR count). The molecule has 0 aliphatic carbocycles. The first kappa shape index (κ1) is 15.3. The summed E-state index contributed by atoms with van der Waals surface area (Å²) in [6.07, 6.45) is 2.81. The first-order valence-corrected chi connectivity index (χ1v) is 6.67. The number of ether oxygens (including phenoxy) is 1. The minimum Gasteiger partial charge on any atom is -0.466 e. The van der Waals surface area contributed by atoms with E-state index in [2.05, 4.69) is 5.32 Å². The van der Waals surface area contributed by atoms with Gasteiger partial charge in [-0.05, 0) is 39.3 Å². The third-order valence-corrected chi connectivity index (χ3v) is 2.72. The fourth-order valence-corrected chi connectivity index (χ4v) is 1.79. The maximum atomic E-state index is 12.0. The summed E-state index contributed by atoms with van der Waals surface area (Å²) in [6, 6.07) is 3.89. The Labute approximate surface area is 113 Å². The quantitative estimate of drug-likeness (QED) is 0.607.